The zero-order valence-corrected chi connectivity index (χ0v) is 15.3. The largest absolute Gasteiger partial charge is 0.508 e. The third-order valence-corrected chi connectivity index (χ3v) is 4.17. The third kappa shape index (κ3) is 4.20. The number of nitrogens with one attached hydrogen (secondary N) is 1. The quantitative estimate of drug-likeness (QED) is 0.456. The molecule has 144 valence electrons. The van der Waals surface area contributed by atoms with E-state index in [0.717, 1.165) is 17.7 Å². The Morgan fingerprint density at radius 3 is 2.36 bits per heavy atom. The number of hydrogen-bond donors (Lipinski definition) is 2. The van der Waals surface area contributed by atoms with Gasteiger partial charge in [-0.1, -0.05) is 25.5 Å². The van der Waals surface area contributed by atoms with Crippen LogP contribution in [0.15, 0.2) is 54.1 Å². The number of anilines is 1. The molecule has 0 radical (unpaired) electrons. The summed E-state index contributed by atoms with van der Waals surface area (Å²) in [6.07, 6.45) is 3.33. The number of imide groups is 2. The lowest BCUT2D eigenvalue weighted by Gasteiger charge is -2.26. The van der Waals surface area contributed by atoms with Gasteiger partial charge >= 0.3 is 6.03 Å². The first kappa shape index (κ1) is 19.2. The number of barbiturate groups is 1. The highest BCUT2D eigenvalue weighted by molar-refractivity contribution is 6.39. The number of urea groups is 1. The van der Waals surface area contributed by atoms with Gasteiger partial charge in [0.05, 0.1) is 12.3 Å². The lowest BCUT2D eigenvalue weighted by molar-refractivity contribution is -0.122. The number of carbonyl (C=O) groups excluding carboxylic acids is 3. The van der Waals surface area contributed by atoms with Crippen molar-refractivity contribution in [1.29, 1.82) is 0 Å². The molecule has 0 aromatic heterocycles. The number of phenols is 1. The molecule has 1 aliphatic heterocycles. The van der Waals surface area contributed by atoms with E-state index in [-0.39, 0.29) is 11.3 Å². The zero-order chi connectivity index (χ0) is 20.1. The van der Waals surface area contributed by atoms with Crippen LogP contribution < -0.4 is 15.0 Å². The monoisotopic (exact) mass is 380 g/mol. The molecule has 1 saturated heterocycles. The Morgan fingerprint density at radius 2 is 1.71 bits per heavy atom. The minimum Gasteiger partial charge on any atom is -0.508 e. The van der Waals surface area contributed by atoms with Crippen LogP contribution in [-0.2, 0) is 9.59 Å². The Hall–Kier alpha value is -3.61. The lowest BCUT2D eigenvalue weighted by atomic mass is 10.1. The van der Waals surface area contributed by atoms with Crippen molar-refractivity contribution >= 4 is 29.6 Å². The summed E-state index contributed by atoms with van der Waals surface area (Å²) in [4.78, 5) is 38.1. The van der Waals surface area contributed by atoms with E-state index in [1.165, 1.54) is 18.2 Å². The van der Waals surface area contributed by atoms with Gasteiger partial charge in [0.2, 0.25) is 0 Å². The molecule has 7 nitrogen and oxygen atoms in total. The molecule has 7 heteroatoms. The highest BCUT2D eigenvalue weighted by Gasteiger charge is 2.36. The third-order valence-electron chi connectivity index (χ3n) is 4.17. The van der Waals surface area contributed by atoms with Gasteiger partial charge in [0.1, 0.15) is 17.1 Å². The first-order valence-electron chi connectivity index (χ1n) is 8.93. The molecule has 0 aliphatic carbocycles. The maximum atomic E-state index is 12.8. The fourth-order valence-electron chi connectivity index (χ4n) is 2.65. The average molecular weight is 380 g/mol. The van der Waals surface area contributed by atoms with Crippen LogP contribution in [0.25, 0.3) is 6.08 Å². The number of nitrogens with zero attached hydrogens (tertiary/aromatic N) is 1. The van der Waals surface area contributed by atoms with Crippen LogP contribution in [0.2, 0.25) is 0 Å². The first-order chi connectivity index (χ1) is 13.5. The van der Waals surface area contributed by atoms with E-state index in [2.05, 4.69) is 12.2 Å². The Morgan fingerprint density at radius 1 is 1.04 bits per heavy atom. The molecular weight excluding hydrogens is 360 g/mol. The van der Waals surface area contributed by atoms with E-state index in [4.69, 9.17) is 4.74 Å². The second kappa shape index (κ2) is 8.39. The van der Waals surface area contributed by atoms with Crippen LogP contribution in [0, 0.1) is 0 Å². The fraction of sp³-hybridized carbons (Fsp3) is 0.190. The van der Waals surface area contributed by atoms with Crippen molar-refractivity contribution in [3.05, 3.63) is 59.7 Å². The molecule has 2 N–H and O–H groups in total. The first-order valence-corrected chi connectivity index (χ1v) is 8.93. The summed E-state index contributed by atoms with van der Waals surface area (Å²) in [6, 6.07) is 11.7. The second-order valence-electron chi connectivity index (χ2n) is 6.25. The Balaban J connectivity index is 1.84. The van der Waals surface area contributed by atoms with E-state index in [1.807, 2.05) is 0 Å². The molecule has 0 atom stereocenters. The number of carbonyl (C=O) groups is 3. The van der Waals surface area contributed by atoms with Crippen LogP contribution in [0.1, 0.15) is 25.3 Å². The predicted octanol–water partition coefficient (Wildman–Crippen LogP) is 3.24. The van der Waals surface area contributed by atoms with Crippen LogP contribution in [0.3, 0.4) is 0 Å². The van der Waals surface area contributed by atoms with Crippen molar-refractivity contribution in [2.24, 2.45) is 0 Å². The van der Waals surface area contributed by atoms with Crippen LogP contribution in [0.5, 0.6) is 11.5 Å². The molecule has 1 heterocycles. The number of amides is 4. The molecule has 0 spiro atoms. The van der Waals surface area contributed by atoms with E-state index in [1.54, 1.807) is 36.4 Å². The molecule has 2 aromatic rings. The standard InChI is InChI=1S/C21H20N2O5/c1-2-3-12-28-17-10-6-15(7-11-17)23-20(26)18(19(25)22-21(23)27)13-14-4-8-16(24)9-5-14/h4-11,13,24H,2-3,12H2,1H3,(H,22,25,27)/b18-13-. The van der Waals surface area contributed by atoms with Crippen LogP contribution >= 0.6 is 0 Å². The number of unbranched alkanes of at least 4 members (excludes halogenated alkanes) is 1. The van der Waals surface area contributed by atoms with Gasteiger partial charge in [-0.3, -0.25) is 14.9 Å². The average Bonchev–Trinajstić information content (AvgIpc) is 2.68. The van der Waals surface area contributed by atoms with E-state index in [9.17, 15) is 19.5 Å². The molecule has 0 unspecified atom stereocenters. The van der Waals surface area contributed by atoms with E-state index < -0.39 is 17.8 Å². The smallest absolute Gasteiger partial charge is 0.335 e. The molecule has 2 aromatic carbocycles. The van der Waals surface area contributed by atoms with Crippen molar-refractivity contribution in [3.8, 4) is 11.5 Å². The summed E-state index contributed by atoms with van der Waals surface area (Å²) in [5, 5.41) is 11.5. The Labute approximate surface area is 162 Å². The molecule has 3 rings (SSSR count). The maximum Gasteiger partial charge on any atom is 0.335 e. The van der Waals surface area contributed by atoms with E-state index >= 15 is 0 Å². The van der Waals surface area contributed by atoms with Gasteiger partial charge in [-0.2, -0.15) is 0 Å². The number of benzene rings is 2. The van der Waals surface area contributed by atoms with Crippen molar-refractivity contribution in [2.75, 3.05) is 11.5 Å². The SMILES string of the molecule is CCCCOc1ccc(N2C(=O)NC(=O)/C(=C/c3ccc(O)cc3)C2=O)cc1. The second-order valence-corrected chi connectivity index (χ2v) is 6.25. The number of phenolic OH excluding ortho intramolecular Hbond substituents is 1. The molecule has 0 saturated carbocycles. The van der Waals surface area contributed by atoms with Crippen molar-refractivity contribution in [1.82, 2.24) is 5.32 Å². The summed E-state index contributed by atoms with van der Waals surface area (Å²) in [6.45, 7) is 2.66. The summed E-state index contributed by atoms with van der Waals surface area (Å²) in [7, 11) is 0. The number of aromatic hydroxyl groups is 1. The zero-order valence-electron chi connectivity index (χ0n) is 15.3. The van der Waals surface area contributed by atoms with Crippen LogP contribution in [0.4, 0.5) is 10.5 Å². The fourth-order valence-corrected chi connectivity index (χ4v) is 2.65. The van der Waals surface area contributed by atoms with Gasteiger partial charge in [0, 0.05) is 0 Å². The molecule has 1 aliphatic rings. The molecule has 0 bridgehead atoms. The number of ether oxygens (including phenoxy) is 1. The normalized spacial score (nSPS) is 15.7. The maximum absolute atomic E-state index is 12.8. The summed E-state index contributed by atoms with van der Waals surface area (Å²) in [5.41, 5.74) is 0.702. The summed E-state index contributed by atoms with van der Waals surface area (Å²) in [5.74, 6) is -0.780. The molecular formula is C21H20N2O5. The van der Waals surface area contributed by atoms with Crippen molar-refractivity contribution in [2.45, 2.75) is 19.8 Å². The number of rotatable bonds is 6. The van der Waals surface area contributed by atoms with Crippen molar-refractivity contribution in [3.63, 3.8) is 0 Å². The minimum atomic E-state index is -0.808. The summed E-state index contributed by atoms with van der Waals surface area (Å²) < 4.78 is 5.58. The van der Waals surface area contributed by atoms with Gasteiger partial charge < -0.3 is 9.84 Å². The lowest BCUT2D eigenvalue weighted by Crippen LogP contribution is -2.54. The van der Waals surface area contributed by atoms with Gasteiger partial charge in [-0.15, -0.1) is 0 Å². The van der Waals surface area contributed by atoms with E-state index in [0.29, 0.717) is 23.6 Å². The molecule has 28 heavy (non-hydrogen) atoms. The Bertz CT molecular complexity index is 917. The molecule has 4 amide bonds. The topological polar surface area (TPSA) is 95.9 Å². The summed E-state index contributed by atoms with van der Waals surface area (Å²) >= 11 is 0. The minimum absolute atomic E-state index is 0.0691. The highest BCUT2D eigenvalue weighted by atomic mass is 16.5. The molecule has 1 fully saturated rings. The number of hydrogen-bond acceptors (Lipinski definition) is 5. The van der Waals surface area contributed by atoms with Gasteiger partial charge in [-0.25, -0.2) is 9.69 Å². The van der Waals surface area contributed by atoms with Crippen molar-refractivity contribution < 1.29 is 24.2 Å². The van der Waals surface area contributed by atoms with Gasteiger partial charge in [0.15, 0.2) is 0 Å². The van der Waals surface area contributed by atoms with Gasteiger partial charge in [-0.05, 0) is 54.5 Å². The van der Waals surface area contributed by atoms with Gasteiger partial charge in [0.25, 0.3) is 11.8 Å². The predicted molar refractivity (Wildman–Crippen MR) is 104 cm³/mol. The Kier molecular flexibility index (Phi) is 5.74. The van der Waals surface area contributed by atoms with Crippen LogP contribution in [-0.4, -0.2) is 29.6 Å². The highest BCUT2D eigenvalue weighted by Crippen LogP contribution is 2.24.